The van der Waals surface area contributed by atoms with Gasteiger partial charge in [0.15, 0.2) is 5.60 Å². The third kappa shape index (κ3) is 8.78. The minimum absolute atomic E-state index is 0. The average molecular weight is 259 g/mol. The van der Waals surface area contributed by atoms with Crippen molar-refractivity contribution in [3.63, 3.8) is 0 Å². The Balaban J connectivity index is -0.000000199. The number of hydrogen-bond acceptors (Lipinski definition) is 5. The van der Waals surface area contributed by atoms with Crippen molar-refractivity contribution in [2.45, 2.75) is 18.4 Å². The molecule has 0 radical (unpaired) electrons. The summed E-state index contributed by atoms with van der Waals surface area (Å²) in [6.45, 7) is 3.50. The number of nitriles is 1. The molecule has 0 fully saturated rings. The molecule has 16 heavy (non-hydrogen) atoms. The minimum Gasteiger partial charge on any atom is -1.00 e. The Morgan fingerprint density at radius 1 is 1.06 bits per heavy atom. The quantitative estimate of drug-likeness (QED) is 0.364. The first kappa shape index (κ1) is 20.9. The molecule has 0 heterocycles. The van der Waals surface area contributed by atoms with Gasteiger partial charge in [0, 0.05) is 6.57 Å². The summed E-state index contributed by atoms with van der Waals surface area (Å²) in [5, 5.41) is 40.3. The molecular formula is C7H10KNO7. The van der Waals surface area contributed by atoms with Gasteiger partial charge in [0.25, 0.3) is 0 Å². The summed E-state index contributed by atoms with van der Waals surface area (Å²) in [7, 11) is 0. The van der Waals surface area contributed by atoms with E-state index in [-0.39, 0.29) is 52.8 Å². The van der Waals surface area contributed by atoms with Crippen LogP contribution in [-0.4, -0.2) is 43.9 Å². The summed E-state index contributed by atoms with van der Waals surface area (Å²) in [5.41, 5.74) is -2.74. The number of carboxylic acid groups (broad SMARTS) is 3. The maximum absolute atomic E-state index is 10.3. The van der Waals surface area contributed by atoms with Crippen LogP contribution in [0.2, 0.25) is 0 Å². The Morgan fingerprint density at radius 3 is 1.44 bits per heavy atom. The van der Waals surface area contributed by atoms with Crippen LogP contribution in [0.15, 0.2) is 0 Å². The first-order valence-electron chi connectivity index (χ1n) is 3.43. The van der Waals surface area contributed by atoms with Crippen molar-refractivity contribution in [3.05, 3.63) is 0 Å². The van der Waals surface area contributed by atoms with Crippen molar-refractivity contribution < 1.29 is 87.6 Å². The summed E-state index contributed by atoms with van der Waals surface area (Å²) < 4.78 is 0. The molecule has 0 unspecified atom stereocenters. The van der Waals surface area contributed by atoms with Crippen molar-refractivity contribution in [2.24, 2.45) is 0 Å². The fourth-order valence-corrected chi connectivity index (χ4v) is 0.714. The molecule has 86 valence electrons. The first-order chi connectivity index (χ1) is 6.78. The van der Waals surface area contributed by atoms with Crippen molar-refractivity contribution in [3.8, 4) is 6.57 Å². The van der Waals surface area contributed by atoms with Gasteiger partial charge in [-0.2, -0.15) is 0 Å². The van der Waals surface area contributed by atoms with Gasteiger partial charge in [-0.05, 0) is 0 Å². The molecule has 0 aliphatic rings. The van der Waals surface area contributed by atoms with E-state index in [1.165, 1.54) is 0 Å². The molecule has 0 atom stereocenters. The van der Waals surface area contributed by atoms with Crippen LogP contribution in [-0.2, 0) is 14.4 Å². The third-order valence-corrected chi connectivity index (χ3v) is 1.29. The van der Waals surface area contributed by atoms with E-state index in [0.717, 1.165) is 0 Å². The van der Waals surface area contributed by atoms with Gasteiger partial charge in [-0.25, -0.2) is 10.1 Å². The van der Waals surface area contributed by atoms with Gasteiger partial charge in [0.2, 0.25) is 0 Å². The molecule has 0 spiro atoms. The van der Waals surface area contributed by atoms with E-state index in [0.29, 0.717) is 0 Å². The van der Waals surface area contributed by atoms with Gasteiger partial charge < -0.3 is 21.9 Å². The monoisotopic (exact) mass is 259 g/mol. The van der Waals surface area contributed by atoms with E-state index >= 15 is 0 Å². The smallest absolute Gasteiger partial charge is 1.00 e. The summed E-state index contributed by atoms with van der Waals surface area (Å²) in [5.74, 6) is -5.02. The standard InChI is InChI=1S/C6H8O7.CHN.K.H/c7-3(8)1-6(13,5(11)12)2-4(9)10;1-2;;/h13H,1-2H2,(H,7,8)(H,9,10)(H,11,12);1H;;/q;;+1;-1. The number of carboxylic acids is 3. The van der Waals surface area contributed by atoms with Crippen molar-refractivity contribution >= 4 is 17.9 Å². The third-order valence-electron chi connectivity index (χ3n) is 1.29. The Labute approximate surface area is 134 Å². The van der Waals surface area contributed by atoms with Crippen molar-refractivity contribution in [1.29, 1.82) is 5.26 Å². The van der Waals surface area contributed by atoms with Gasteiger partial charge in [0.1, 0.15) is 0 Å². The van der Waals surface area contributed by atoms with Gasteiger partial charge in [-0.1, -0.05) is 0 Å². The fourth-order valence-electron chi connectivity index (χ4n) is 0.714. The van der Waals surface area contributed by atoms with E-state index in [9.17, 15) is 14.4 Å². The van der Waals surface area contributed by atoms with Crippen LogP contribution in [0.1, 0.15) is 14.3 Å². The minimum atomic E-state index is -2.74. The summed E-state index contributed by atoms with van der Waals surface area (Å²) in [4.78, 5) is 30.5. The number of aliphatic hydroxyl groups is 1. The van der Waals surface area contributed by atoms with E-state index in [2.05, 4.69) is 6.57 Å². The van der Waals surface area contributed by atoms with E-state index < -0.39 is 36.4 Å². The zero-order valence-electron chi connectivity index (χ0n) is 9.45. The molecule has 9 heteroatoms. The number of hydrogen-bond donors (Lipinski definition) is 4. The molecule has 0 saturated carbocycles. The SMILES string of the molecule is C#N.O=C(O)CC(O)(CC(=O)O)C(=O)O.[H-].[K+]. The predicted molar refractivity (Wildman–Crippen MR) is 44.9 cm³/mol. The first-order valence-corrected chi connectivity index (χ1v) is 3.43. The van der Waals surface area contributed by atoms with E-state index in [1.807, 2.05) is 0 Å². The zero-order valence-corrected chi connectivity index (χ0v) is 11.6. The van der Waals surface area contributed by atoms with Crippen LogP contribution in [0.3, 0.4) is 0 Å². The predicted octanol–water partition coefficient (Wildman–Crippen LogP) is -3.99. The summed E-state index contributed by atoms with van der Waals surface area (Å²) in [6, 6.07) is 0. The van der Waals surface area contributed by atoms with E-state index in [4.69, 9.17) is 25.7 Å². The molecule has 0 saturated heterocycles. The average Bonchev–Trinajstić information content (AvgIpc) is 2.04. The largest absolute Gasteiger partial charge is 1.00 e. The Bertz CT molecular complexity index is 277. The molecule has 0 rings (SSSR count). The number of nitrogens with zero attached hydrogens (tertiary/aromatic N) is 1. The Kier molecular flexibility index (Phi) is 12.6. The molecule has 0 aliphatic heterocycles. The Hall–Kier alpha value is -0.504. The van der Waals surface area contributed by atoms with Gasteiger partial charge >= 0.3 is 69.3 Å². The molecule has 4 N–H and O–H groups in total. The number of carbonyl (C=O) groups is 3. The van der Waals surface area contributed by atoms with Gasteiger partial charge in [0.05, 0.1) is 12.8 Å². The molecule has 0 bridgehead atoms. The van der Waals surface area contributed by atoms with Crippen LogP contribution in [0.25, 0.3) is 0 Å². The maximum atomic E-state index is 10.3. The molecule has 8 nitrogen and oxygen atoms in total. The topological polar surface area (TPSA) is 156 Å². The summed E-state index contributed by atoms with van der Waals surface area (Å²) >= 11 is 0. The normalized spacial score (nSPS) is 8.94. The second-order valence-electron chi connectivity index (χ2n) is 2.48. The number of rotatable bonds is 5. The molecular weight excluding hydrogens is 249 g/mol. The van der Waals surface area contributed by atoms with Crippen molar-refractivity contribution in [2.75, 3.05) is 0 Å². The molecule has 0 aliphatic carbocycles. The van der Waals surface area contributed by atoms with Crippen LogP contribution in [0.4, 0.5) is 0 Å². The molecule has 0 aromatic rings. The maximum Gasteiger partial charge on any atom is 1.00 e. The van der Waals surface area contributed by atoms with Gasteiger partial charge in [-0.15, -0.1) is 0 Å². The second kappa shape index (κ2) is 9.70. The number of aliphatic carboxylic acids is 3. The molecule has 0 amide bonds. The molecule has 0 aromatic carbocycles. The van der Waals surface area contributed by atoms with Crippen LogP contribution >= 0.6 is 0 Å². The van der Waals surface area contributed by atoms with Crippen molar-refractivity contribution in [1.82, 2.24) is 0 Å². The Morgan fingerprint density at radius 2 is 1.31 bits per heavy atom. The van der Waals surface area contributed by atoms with Crippen LogP contribution in [0, 0.1) is 11.8 Å². The van der Waals surface area contributed by atoms with Crippen LogP contribution < -0.4 is 51.4 Å². The summed E-state index contributed by atoms with van der Waals surface area (Å²) in [6.07, 6.45) is -2.29. The molecule has 0 aromatic heterocycles. The fraction of sp³-hybridized carbons (Fsp3) is 0.429. The van der Waals surface area contributed by atoms with Crippen LogP contribution in [0.5, 0.6) is 0 Å². The van der Waals surface area contributed by atoms with E-state index in [1.54, 1.807) is 0 Å². The second-order valence-corrected chi connectivity index (χ2v) is 2.48. The zero-order chi connectivity index (χ0) is 12.6. The van der Waals surface area contributed by atoms with Gasteiger partial charge in [-0.3, -0.25) is 9.59 Å².